The Kier molecular flexibility index (Phi) is 3.85. The van der Waals surface area contributed by atoms with Crippen LogP contribution in [0, 0.1) is 10.1 Å². The van der Waals surface area contributed by atoms with Crippen molar-refractivity contribution in [3.05, 3.63) is 98.6 Å². The van der Waals surface area contributed by atoms with Gasteiger partial charge in [-0.2, -0.15) is 5.10 Å². The Balaban J connectivity index is 1.56. The third-order valence-corrected chi connectivity index (χ3v) is 6.33. The van der Waals surface area contributed by atoms with Crippen molar-refractivity contribution in [3.63, 3.8) is 0 Å². The summed E-state index contributed by atoms with van der Waals surface area (Å²) in [4.78, 5) is 24.3. The van der Waals surface area contributed by atoms with Crippen molar-refractivity contribution in [1.29, 1.82) is 0 Å². The summed E-state index contributed by atoms with van der Waals surface area (Å²) in [5, 5.41) is 21.4. The molecule has 0 radical (unpaired) electrons. The van der Waals surface area contributed by atoms with E-state index in [1.165, 1.54) is 12.1 Å². The highest BCUT2D eigenvalue weighted by Crippen LogP contribution is 2.54. The van der Waals surface area contributed by atoms with Gasteiger partial charge in [0.2, 0.25) is 0 Å². The molecule has 3 aromatic carbocycles. The van der Waals surface area contributed by atoms with Crippen molar-refractivity contribution in [2.24, 2.45) is 5.10 Å². The molecule has 3 aliphatic rings. The van der Waals surface area contributed by atoms with Crippen LogP contribution in [0.4, 0.5) is 11.4 Å². The van der Waals surface area contributed by atoms with Crippen LogP contribution < -0.4 is 10.1 Å². The van der Waals surface area contributed by atoms with E-state index in [1.807, 2.05) is 36.4 Å². The molecule has 1 spiro atoms. The summed E-state index contributed by atoms with van der Waals surface area (Å²) in [6.07, 6.45) is 0.455. The Morgan fingerprint density at radius 2 is 1.94 bits per heavy atom. The summed E-state index contributed by atoms with van der Waals surface area (Å²) in [5.74, 6) is 0.0741. The summed E-state index contributed by atoms with van der Waals surface area (Å²) in [6.45, 7) is 0. The molecule has 0 aliphatic carbocycles. The molecule has 32 heavy (non-hydrogen) atoms. The number of hydrazone groups is 1. The Bertz CT molecular complexity index is 1340. The summed E-state index contributed by atoms with van der Waals surface area (Å²) >= 11 is 6.04. The molecule has 1 amide bonds. The number of nitro groups is 1. The Hall–Kier alpha value is -3.91. The van der Waals surface area contributed by atoms with E-state index < -0.39 is 16.7 Å². The molecule has 0 fully saturated rings. The lowest BCUT2D eigenvalue weighted by Gasteiger charge is -2.43. The minimum Gasteiger partial charge on any atom is -0.453 e. The van der Waals surface area contributed by atoms with Crippen LogP contribution in [0.5, 0.6) is 5.75 Å². The van der Waals surface area contributed by atoms with Crippen LogP contribution in [-0.4, -0.2) is 21.6 Å². The van der Waals surface area contributed by atoms with Crippen LogP contribution in [0.3, 0.4) is 0 Å². The Labute approximate surface area is 187 Å². The maximum absolute atomic E-state index is 13.4. The lowest BCUT2D eigenvalue weighted by molar-refractivity contribution is -0.385. The van der Waals surface area contributed by atoms with Gasteiger partial charge in [-0.3, -0.25) is 14.9 Å². The average Bonchev–Trinajstić information content (AvgIpc) is 3.35. The van der Waals surface area contributed by atoms with E-state index in [-0.39, 0.29) is 11.6 Å². The number of nitrogens with one attached hydrogen (secondary N) is 1. The van der Waals surface area contributed by atoms with E-state index in [1.54, 1.807) is 23.2 Å². The molecule has 9 heteroatoms. The molecule has 6 rings (SSSR count). The van der Waals surface area contributed by atoms with Gasteiger partial charge in [-0.25, -0.2) is 5.01 Å². The monoisotopic (exact) mass is 446 g/mol. The second kappa shape index (κ2) is 6.54. The van der Waals surface area contributed by atoms with E-state index in [2.05, 4.69) is 5.32 Å². The van der Waals surface area contributed by atoms with Gasteiger partial charge in [0, 0.05) is 29.1 Å². The van der Waals surface area contributed by atoms with Gasteiger partial charge < -0.3 is 10.1 Å². The number of hydrogen-bond acceptors (Lipinski definition) is 6. The molecule has 8 nitrogen and oxygen atoms in total. The van der Waals surface area contributed by atoms with Gasteiger partial charge in [0.1, 0.15) is 5.75 Å². The van der Waals surface area contributed by atoms with Crippen molar-refractivity contribution >= 4 is 34.6 Å². The third kappa shape index (κ3) is 2.50. The van der Waals surface area contributed by atoms with Gasteiger partial charge in [-0.1, -0.05) is 41.9 Å². The molecule has 0 aromatic heterocycles. The van der Waals surface area contributed by atoms with E-state index >= 15 is 0 Å². The lowest BCUT2D eigenvalue weighted by atomic mass is 9.92. The zero-order chi connectivity index (χ0) is 22.0. The van der Waals surface area contributed by atoms with Gasteiger partial charge in [0.05, 0.1) is 27.9 Å². The predicted molar refractivity (Wildman–Crippen MR) is 118 cm³/mol. The van der Waals surface area contributed by atoms with E-state index in [9.17, 15) is 14.9 Å². The summed E-state index contributed by atoms with van der Waals surface area (Å²) in [7, 11) is 0. The number of halogens is 1. The van der Waals surface area contributed by atoms with E-state index in [0.29, 0.717) is 34.0 Å². The van der Waals surface area contributed by atoms with Crippen molar-refractivity contribution < 1.29 is 14.5 Å². The van der Waals surface area contributed by atoms with Gasteiger partial charge in [0.25, 0.3) is 11.6 Å². The van der Waals surface area contributed by atoms with Crippen LogP contribution >= 0.6 is 11.6 Å². The zero-order valence-electron chi connectivity index (χ0n) is 16.5. The molecule has 3 aliphatic heterocycles. The maximum atomic E-state index is 13.4. The van der Waals surface area contributed by atoms with Crippen LogP contribution in [0.15, 0.2) is 71.8 Å². The number of amides is 1. The number of nitro benzene ring substituents is 1. The topological polar surface area (TPSA) is 97.1 Å². The molecule has 0 saturated heterocycles. The number of carbonyl (C=O) groups excluding carboxylic acids is 1. The number of ether oxygens (including phenoxy) is 1. The number of benzene rings is 3. The number of carbonyl (C=O) groups is 1. The van der Waals surface area contributed by atoms with Crippen molar-refractivity contribution in [1.82, 2.24) is 5.01 Å². The summed E-state index contributed by atoms with van der Waals surface area (Å²) in [6, 6.07) is 18.6. The van der Waals surface area contributed by atoms with Crippen molar-refractivity contribution in [2.75, 3.05) is 5.32 Å². The number of non-ortho nitro benzene ring substituents is 1. The molecular formula is C23H15ClN4O4. The first kappa shape index (κ1) is 18.8. The number of anilines is 1. The smallest absolute Gasteiger partial charge is 0.306 e. The number of nitrogens with zero attached hydrogens (tertiary/aromatic N) is 3. The van der Waals surface area contributed by atoms with Gasteiger partial charge in [0.15, 0.2) is 0 Å². The molecule has 158 valence electrons. The Morgan fingerprint density at radius 1 is 1.16 bits per heavy atom. The molecular weight excluding hydrogens is 432 g/mol. The predicted octanol–water partition coefficient (Wildman–Crippen LogP) is 4.60. The quantitative estimate of drug-likeness (QED) is 0.458. The SMILES string of the molecule is O=C1Nc2ccccc2[C@]12Oc1ccc([N+](=O)[O-])cc1[C@@H]1CC(c3ccc(Cl)cc3)=NN12. The number of para-hydroxylation sites is 1. The molecule has 0 bridgehead atoms. The second-order valence-electron chi connectivity index (χ2n) is 7.84. The second-order valence-corrected chi connectivity index (χ2v) is 8.28. The fraction of sp³-hybridized carbons (Fsp3) is 0.130. The maximum Gasteiger partial charge on any atom is 0.306 e. The van der Waals surface area contributed by atoms with Crippen LogP contribution in [0.2, 0.25) is 5.02 Å². The van der Waals surface area contributed by atoms with E-state index in [4.69, 9.17) is 21.4 Å². The minimum atomic E-state index is -1.50. The van der Waals surface area contributed by atoms with E-state index in [0.717, 1.165) is 11.3 Å². The Morgan fingerprint density at radius 3 is 2.72 bits per heavy atom. The first-order valence-corrected chi connectivity index (χ1v) is 10.4. The molecule has 2 atom stereocenters. The normalized spacial score (nSPS) is 22.5. The lowest BCUT2D eigenvalue weighted by Crippen LogP contribution is -2.55. The molecule has 3 aromatic rings. The van der Waals surface area contributed by atoms with Crippen LogP contribution in [-0.2, 0) is 10.5 Å². The highest BCUT2D eigenvalue weighted by atomic mass is 35.5. The number of hydrogen-bond donors (Lipinski definition) is 1. The fourth-order valence-corrected chi connectivity index (χ4v) is 4.74. The first-order valence-electron chi connectivity index (χ1n) is 9.98. The largest absolute Gasteiger partial charge is 0.453 e. The highest BCUT2D eigenvalue weighted by molar-refractivity contribution is 6.30. The molecule has 0 saturated carbocycles. The summed E-state index contributed by atoms with van der Waals surface area (Å²) < 4.78 is 6.33. The summed E-state index contributed by atoms with van der Waals surface area (Å²) in [5.41, 5.74) is 1.98. The fourth-order valence-electron chi connectivity index (χ4n) is 4.61. The number of fused-ring (bicyclic) bond motifs is 6. The van der Waals surface area contributed by atoms with Crippen molar-refractivity contribution in [2.45, 2.75) is 18.2 Å². The molecule has 3 heterocycles. The van der Waals surface area contributed by atoms with Crippen molar-refractivity contribution in [3.8, 4) is 5.75 Å². The molecule has 0 unspecified atom stereocenters. The van der Waals surface area contributed by atoms with Gasteiger partial charge in [-0.05, 0) is 29.8 Å². The molecule has 1 N–H and O–H groups in total. The van der Waals surface area contributed by atoms with Crippen LogP contribution in [0.1, 0.15) is 29.2 Å². The van der Waals surface area contributed by atoms with Gasteiger partial charge in [-0.15, -0.1) is 0 Å². The third-order valence-electron chi connectivity index (χ3n) is 6.08. The standard InChI is InChI=1S/C23H15ClN4O4/c24-14-7-5-13(6-8-14)19-12-20-16-11-15(28(30)31)9-10-21(16)32-23(27(20)26-19)17-3-1-2-4-18(17)25-22(23)29/h1-11,20H,12H2,(H,25,29)/t20-,23-/m0/s1. The average molecular weight is 447 g/mol. The zero-order valence-corrected chi connectivity index (χ0v) is 17.2. The number of rotatable bonds is 2. The first-order chi connectivity index (χ1) is 15.5. The van der Waals surface area contributed by atoms with Gasteiger partial charge >= 0.3 is 5.72 Å². The minimum absolute atomic E-state index is 0.0422. The van der Waals surface area contributed by atoms with Crippen LogP contribution in [0.25, 0.3) is 0 Å². The highest BCUT2D eigenvalue weighted by Gasteiger charge is 2.61.